The summed E-state index contributed by atoms with van der Waals surface area (Å²) in [6.07, 6.45) is 0.989. The van der Waals surface area contributed by atoms with Gasteiger partial charge in [0.2, 0.25) is 23.6 Å². The Balaban J connectivity index is 0.000000171. The van der Waals surface area contributed by atoms with E-state index in [0.717, 1.165) is 21.6 Å². The Hall–Kier alpha value is -4.67. The molecule has 2 saturated heterocycles. The lowest BCUT2D eigenvalue weighted by molar-refractivity contribution is -0.138. The van der Waals surface area contributed by atoms with Crippen LogP contribution < -0.4 is 10.6 Å². The summed E-state index contributed by atoms with van der Waals surface area (Å²) in [5, 5.41) is 4.51. The van der Waals surface area contributed by atoms with Crippen LogP contribution in [0.3, 0.4) is 0 Å². The van der Waals surface area contributed by atoms with Gasteiger partial charge in [-0.1, -0.05) is 52.0 Å². The maximum absolute atomic E-state index is 12.7. The topological polar surface area (TPSA) is 150 Å². The average Bonchev–Trinajstić information content (AvgIpc) is 3.42. The molecule has 0 unspecified atom stereocenters. The van der Waals surface area contributed by atoms with Crippen LogP contribution in [0.2, 0.25) is 0 Å². The first-order chi connectivity index (χ1) is 20.4. The smallest absolute Gasteiger partial charge is 0.262 e. The molecule has 6 rings (SSSR count). The van der Waals surface area contributed by atoms with E-state index in [-0.39, 0.29) is 48.8 Å². The van der Waals surface area contributed by atoms with Crippen LogP contribution in [0.1, 0.15) is 113 Å². The first-order valence-electron chi connectivity index (χ1n) is 14.5. The van der Waals surface area contributed by atoms with Gasteiger partial charge in [-0.25, -0.2) is 0 Å². The number of nitrogens with zero attached hydrogens (tertiary/aromatic N) is 2. The number of hydrogen-bond donors (Lipinski definition) is 2. The zero-order valence-corrected chi connectivity index (χ0v) is 24.6. The number of rotatable bonds is 4. The van der Waals surface area contributed by atoms with Crippen molar-refractivity contribution in [3.05, 3.63) is 69.8 Å². The molecular formula is C32H34N4O7. The van der Waals surface area contributed by atoms with E-state index in [2.05, 4.69) is 24.5 Å². The van der Waals surface area contributed by atoms with E-state index in [4.69, 9.17) is 0 Å². The molecule has 0 spiro atoms. The molecule has 0 bridgehead atoms. The van der Waals surface area contributed by atoms with E-state index in [1.165, 1.54) is 0 Å². The Bertz CT molecular complexity index is 1580. The summed E-state index contributed by atoms with van der Waals surface area (Å²) in [5.74, 6) is -2.18. The first-order valence-corrected chi connectivity index (χ1v) is 14.5. The molecule has 2 N–H and O–H groups in total. The summed E-state index contributed by atoms with van der Waals surface area (Å²) in [4.78, 5) is 86.8. The molecule has 4 aliphatic heterocycles. The van der Waals surface area contributed by atoms with Gasteiger partial charge in [0.1, 0.15) is 12.1 Å². The highest BCUT2D eigenvalue weighted by molar-refractivity contribution is 6.24. The van der Waals surface area contributed by atoms with Crippen LogP contribution in [-0.4, -0.2) is 63.2 Å². The van der Waals surface area contributed by atoms with Gasteiger partial charge in [0.05, 0.1) is 11.1 Å². The summed E-state index contributed by atoms with van der Waals surface area (Å²) in [5.41, 5.74) is 4.36. The van der Waals surface area contributed by atoms with Gasteiger partial charge in [-0.3, -0.25) is 49.1 Å². The summed E-state index contributed by atoms with van der Waals surface area (Å²) in [7, 11) is 0. The second kappa shape index (κ2) is 11.5. The van der Waals surface area contributed by atoms with Crippen LogP contribution in [0.25, 0.3) is 0 Å². The molecule has 2 atom stereocenters. The van der Waals surface area contributed by atoms with E-state index in [9.17, 15) is 33.6 Å². The molecule has 0 radical (unpaired) electrons. The quantitative estimate of drug-likeness (QED) is 0.523. The number of piperidine rings is 2. The van der Waals surface area contributed by atoms with Gasteiger partial charge in [-0.05, 0) is 53.5 Å². The lowest BCUT2D eigenvalue weighted by Gasteiger charge is -2.29. The van der Waals surface area contributed by atoms with Crippen molar-refractivity contribution in [2.24, 2.45) is 0 Å². The van der Waals surface area contributed by atoms with Crippen LogP contribution in [0.15, 0.2) is 36.4 Å². The predicted octanol–water partition coefficient (Wildman–Crippen LogP) is 2.78. The second-order valence-corrected chi connectivity index (χ2v) is 11.8. The maximum atomic E-state index is 12.7. The minimum Gasteiger partial charge on any atom is -0.322 e. The number of fused-ring (bicyclic) bond motifs is 2. The van der Waals surface area contributed by atoms with Gasteiger partial charge in [0.25, 0.3) is 17.7 Å². The number of benzene rings is 2. The molecule has 0 aromatic heterocycles. The average molecular weight is 587 g/mol. The number of amides is 7. The number of imide groups is 3. The third-order valence-corrected chi connectivity index (χ3v) is 8.36. The Morgan fingerprint density at radius 3 is 1.74 bits per heavy atom. The molecule has 2 aromatic rings. The van der Waals surface area contributed by atoms with Crippen molar-refractivity contribution in [1.82, 2.24) is 20.4 Å². The van der Waals surface area contributed by atoms with Crippen molar-refractivity contribution >= 4 is 41.4 Å². The van der Waals surface area contributed by atoms with Crippen LogP contribution in [0.4, 0.5) is 0 Å². The lowest BCUT2D eigenvalue weighted by atomic mass is 9.94. The van der Waals surface area contributed by atoms with Gasteiger partial charge in [-0.2, -0.15) is 0 Å². The fourth-order valence-electron chi connectivity index (χ4n) is 6.17. The van der Waals surface area contributed by atoms with Crippen molar-refractivity contribution in [3.63, 3.8) is 0 Å². The largest absolute Gasteiger partial charge is 0.322 e. The van der Waals surface area contributed by atoms with Crippen LogP contribution in [-0.2, 0) is 25.7 Å². The number of nitrogens with one attached hydrogen (secondary N) is 2. The Morgan fingerprint density at radius 2 is 1.19 bits per heavy atom. The van der Waals surface area contributed by atoms with Gasteiger partial charge in [-0.15, -0.1) is 0 Å². The third-order valence-electron chi connectivity index (χ3n) is 8.36. The molecule has 11 heteroatoms. The van der Waals surface area contributed by atoms with Crippen molar-refractivity contribution in [1.29, 1.82) is 0 Å². The molecule has 0 aliphatic carbocycles. The van der Waals surface area contributed by atoms with E-state index in [1.54, 1.807) is 17.0 Å². The molecule has 4 aliphatic rings. The minimum absolute atomic E-state index is 0.0911. The van der Waals surface area contributed by atoms with Crippen LogP contribution in [0, 0.1) is 0 Å². The van der Waals surface area contributed by atoms with Gasteiger partial charge >= 0.3 is 0 Å². The Kier molecular flexibility index (Phi) is 8.00. The number of carbonyl (C=O) groups excluding carboxylic acids is 7. The third kappa shape index (κ3) is 5.35. The number of carbonyl (C=O) groups is 7. The monoisotopic (exact) mass is 586 g/mol. The molecule has 2 aromatic carbocycles. The maximum Gasteiger partial charge on any atom is 0.262 e. The zero-order valence-electron chi connectivity index (χ0n) is 24.6. The van der Waals surface area contributed by atoms with Crippen molar-refractivity contribution < 1.29 is 33.6 Å². The minimum atomic E-state index is -0.912. The highest BCUT2D eigenvalue weighted by Gasteiger charge is 2.45. The van der Waals surface area contributed by atoms with Gasteiger partial charge in [0, 0.05) is 24.9 Å². The van der Waals surface area contributed by atoms with Crippen molar-refractivity contribution in [2.75, 3.05) is 0 Å². The normalized spacial score (nSPS) is 21.6. The standard InChI is InChI=1S/C16H16N2O4.C16H18N2O3/c1-8(2)9-4-3-5-10-13(9)16(22)18(15(10)21)11-6-7-12(19)17-14(11)20;1-9(2)10-4-3-5-11-12(10)8-18(16(11)21)13-6-7-14(19)17-15(13)20/h3-5,8,11H,6-7H2,1-2H3,(H,17,19,20);3-5,9,13H,6-8H2,1-2H3,(H,17,19,20)/t11-;13-/m11/s1. The SMILES string of the molecule is CC(C)c1cccc2c1C(=O)N([C@@H]1CCC(=O)NC1=O)C2=O.CC(C)c1cccc2c1CN([C@@H]1CCC(=O)NC1=O)C2=O. The molecule has 4 heterocycles. The summed E-state index contributed by atoms with van der Waals surface area (Å²) in [6.45, 7) is 8.53. The summed E-state index contributed by atoms with van der Waals surface area (Å²) in [6, 6.07) is 9.46. The zero-order chi connectivity index (χ0) is 31.2. The fraction of sp³-hybridized carbons (Fsp3) is 0.406. The first kappa shape index (κ1) is 29.8. The summed E-state index contributed by atoms with van der Waals surface area (Å²) < 4.78 is 0. The number of hydrogen-bond acceptors (Lipinski definition) is 7. The van der Waals surface area contributed by atoms with Crippen molar-refractivity contribution in [2.45, 2.75) is 83.8 Å². The molecule has 0 saturated carbocycles. The Labute approximate surface area is 249 Å². The van der Waals surface area contributed by atoms with Crippen molar-refractivity contribution in [3.8, 4) is 0 Å². The van der Waals surface area contributed by atoms with E-state index >= 15 is 0 Å². The lowest BCUT2D eigenvalue weighted by Crippen LogP contribution is -2.54. The van der Waals surface area contributed by atoms with E-state index in [0.29, 0.717) is 35.6 Å². The van der Waals surface area contributed by atoms with Gasteiger partial charge < -0.3 is 4.90 Å². The van der Waals surface area contributed by atoms with Crippen LogP contribution in [0.5, 0.6) is 0 Å². The molecule has 224 valence electrons. The fourth-order valence-corrected chi connectivity index (χ4v) is 6.17. The molecule has 43 heavy (non-hydrogen) atoms. The molecular weight excluding hydrogens is 552 g/mol. The predicted molar refractivity (Wildman–Crippen MR) is 154 cm³/mol. The Morgan fingerprint density at radius 1 is 0.651 bits per heavy atom. The van der Waals surface area contributed by atoms with Gasteiger partial charge in [0.15, 0.2) is 0 Å². The van der Waals surface area contributed by atoms with E-state index in [1.807, 2.05) is 38.1 Å². The molecule has 7 amide bonds. The second-order valence-electron chi connectivity index (χ2n) is 11.8. The highest BCUT2D eigenvalue weighted by atomic mass is 16.2. The van der Waals surface area contributed by atoms with E-state index < -0.39 is 29.8 Å². The molecule has 11 nitrogen and oxygen atoms in total. The highest BCUT2D eigenvalue weighted by Crippen LogP contribution is 2.34. The van der Waals surface area contributed by atoms with Crippen LogP contribution >= 0.6 is 0 Å². The molecule has 2 fully saturated rings. The summed E-state index contributed by atoms with van der Waals surface area (Å²) >= 11 is 0.